The molecule has 2 atom stereocenters. The van der Waals surface area contributed by atoms with E-state index in [2.05, 4.69) is 17.1 Å². The van der Waals surface area contributed by atoms with Crippen molar-refractivity contribution in [3.05, 3.63) is 0 Å². The Kier molecular flexibility index (Phi) is 7.54. The van der Waals surface area contributed by atoms with E-state index < -0.39 is 0 Å². The van der Waals surface area contributed by atoms with Crippen LogP contribution in [-0.4, -0.2) is 55.6 Å². The molecule has 0 aromatic carbocycles. The fourth-order valence-electron chi connectivity index (χ4n) is 2.59. The molecule has 20 heavy (non-hydrogen) atoms. The Bertz CT molecular complexity index is 313. The zero-order valence-corrected chi connectivity index (χ0v) is 12.6. The zero-order valence-electron chi connectivity index (χ0n) is 12.6. The largest absolute Gasteiger partial charge is 0.466 e. The average molecular weight is 285 g/mol. The number of nitrogens with two attached hydrogens (primary N) is 1. The van der Waals surface area contributed by atoms with Crippen molar-refractivity contribution in [1.29, 1.82) is 0 Å². The van der Waals surface area contributed by atoms with Gasteiger partial charge in [-0.15, -0.1) is 0 Å². The number of likely N-dealkylation sites (tertiary alicyclic amines) is 1. The molecule has 0 aliphatic carbocycles. The lowest BCUT2D eigenvalue weighted by atomic mass is 9.97. The van der Waals surface area contributed by atoms with Gasteiger partial charge in [-0.3, -0.25) is 14.5 Å². The number of hydrogen-bond donors (Lipinski definition) is 2. The first kappa shape index (κ1) is 16.9. The van der Waals surface area contributed by atoms with Crippen molar-refractivity contribution in [2.75, 3.05) is 32.8 Å². The van der Waals surface area contributed by atoms with Crippen LogP contribution in [0.4, 0.5) is 0 Å². The van der Waals surface area contributed by atoms with Crippen LogP contribution in [0, 0.1) is 5.92 Å². The smallest absolute Gasteiger partial charge is 0.305 e. The third kappa shape index (κ3) is 6.86. The van der Waals surface area contributed by atoms with Gasteiger partial charge in [0.15, 0.2) is 0 Å². The second-order valence-corrected chi connectivity index (χ2v) is 5.55. The molecule has 0 spiro atoms. The topological polar surface area (TPSA) is 84.7 Å². The maximum atomic E-state index is 11.8. The van der Waals surface area contributed by atoms with Crippen LogP contribution in [0.2, 0.25) is 0 Å². The van der Waals surface area contributed by atoms with E-state index in [1.54, 1.807) is 6.92 Å². The van der Waals surface area contributed by atoms with E-state index in [0.717, 1.165) is 19.5 Å². The molecular weight excluding hydrogens is 258 g/mol. The quantitative estimate of drug-likeness (QED) is 0.512. The van der Waals surface area contributed by atoms with E-state index in [1.165, 1.54) is 0 Å². The van der Waals surface area contributed by atoms with Crippen LogP contribution in [0.3, 0.4) is 0 Å². The monoisotopic (exact) mass is 285 g/mol. The summed E-state index contributed by atoms with van der Waals surface area (Å²) in [6.07, 6.45) is 1.98. The summed E-state index contributed by atoms with van der Waals surface area (Å²) >= 11 is 0. The molecule has 0 saturated carbocycles. The van der Waals surface area contributed by atoms with Gasteiger partial charge in [-0.25, -0.2) is 0 Å². The highest BCUT2D eigenvalue weighted by atomic mass is 16.5. The van der Waals surface area contributed by atoms with Crippen molar-refractivity contribution in [3.8, 4) is 0 Å². The molecule has 1 aliphatic heterocycles. The lowest BCUT2D eigenvalue weighted by Gasteiger charge is -2.34. The molecule has 116 valence electrons. The second kappa shape index (κ2) is 8.92. The van der Waals surface area contributed by atoms with E-state index in [9.17, 15) is 9.59 Å². The average Bonchev–Trinajstić information content (AvgIpc) is 2.33. The minimum Gasteiger partial charge on any atom is -0.466 e. The zero-order chi connectivity index (χ0) is 15.0. The van der Waals surface area contributed by atoms with Crippen molar-refractivity contribution >= 4 is 11.9 Å². The summed E-state index contributed by atoms with van der Waals surface area (Å²) < 4.78 is 4.82. The number of hydrogen-bond acceptors (Lipinski definition) is 5. The number of piperidine rings is 1. The maximum Gasteiger partial charge on any atom is 0.305 e. The van der Waals surface area contributed by atoms with Gasteiger partial charge in [-0.05, 0) is 25.7 Å². The fraction of sp³-hybridized carbons (Fsp3) is 0.857. The number of esters is 1. The van der Waals surface area contributed by atoms with Gasteiger partial charge in [0.2, 0.25) is 5.91 Å². The fourth-order valence-corrected chi connectivity index (χ4v) is 2.59. The molecular formula is C14H27N3O3. The first-order chi connectivity index (χ1) is 9.51. The molecule has 1 fully saturated rings. The van der Waals surface area contributed by atoms with Crippen molar-refractivity contribution in [2.24, 2.45) is 11.7 Å². The van der Waals surface area contributed by atoms with Gasteiger partial charge < -0.3 is 15.8 Å². The molecule has 1 saturated heterocycles. The van der Waals surface area contributed by atoms with Crippen LogP contribution in [0.5, 0.6) is 0 Å². The highest BCUT2D eigenvalue weighted by Crippen LogP contribution is 2.14. The first-order valence-corrected chi connectivity index (χ1v) is 7.41. The summed E-state index contributed by atoms with van der Waals surface area (Å²) in [5.41, 5.74) is 5.95. The summed E-state index contributed by atoms with van der Waals surface area (Å²) in [4.78, 5) is 25.0. The lowest BCUT2D eigenvalue weighted by molar-refractivity contribution is -0.143. The van der Waals surface area contributed by atoms with E-state index >= 15 is 0 Å². The maximum absolute atomic E-state index is 11.8. The molecule has 1 amide bonds. The SMILES string of the molecule is CCOC(=O)CCCNC(=O)CN1CC(C)CC(N)C1. The highest BCUT2D eigenvalue weighted by molar-refractivity contribution is 5.78. The van der Waals surface area contributed by atoms with E-state index in [-0.39, 0.29) is 17.9 Å². The van der Waals surface area contributed by atoms with Gasteiger partial charge in [0.1, 0.15) is 0 Å². The second-order valence-electron chi connectivity index (χ2n) is 5.55. The normalized spacial score (nSPS) is 23.4. The van der Waals surface area contributed by atoms with Gasteiger partial charge in [-0.2, -0.15) is 0 Å². The van der Waals surface area contributed by atoms with Gasteiger partial charge in [0.25, 0.3) is 0 Å². The Morgan fingerprint density at radius 1 is 1.40 bits per heavy atom. The molecule has 6 nitrogen and oxygen atoms in total. The van der Waals surface area contributed by atoms with Gasteiger partial charge >= 0.3 is 5.97 Å². The number of amides is 1. The van der Waals surface area contributed by atoms with Crippen LogP contribution in [0.15, 0.2) is 0 Å². The summed E-state index contributed by atoms with van der Waals surface area (Å²) in [5.74, 6) is 0.322. The van der Waals surface area contributed by atoms with Crippen LogP contribution in [-0.2, 0) is 14.3 Å². The molecule has 1 heterocycles. The molecule has 6 heteroatoms. The van der Waals surface area contributed by atoms with Crippen molar-refractivity contribution in [1.82, 2.24) is 10.2 Å². The molecule has 1 aliphatic rings. The minimum absolute atomic E-state index is 0.00448. The van der Waals surface area contributed by atoms with Crippen LogP contribution < -0.4 is 11.1 Å². The van der Waals surface area contributed by atoms with Crippen LogP contribution in [0.25, 0.3) is 0 Å². The summed E-state index contributed by atoms with van der Waals surface area (Å²) in [7, 11) is 0. The number of carbonyl (C=O) groups is 2. The van der Waals surface area contributed by atoms with E-state index in [0.29, 0.717) is 38.5 Å². The molecule has 1 rings (SSSR count). The minimum atomic E-state index is -0.211. The molecule has 0 radical (unpaired) electrons. The molecule has 2 unspecified atom stereocenters. The highest BCUT2D eigenvalue weighted by Gasteiger charge is 2.23. The summed E-state index contributed by atoms with van der Waals surface area (Å²) in [5, 5.41) is 2.83. The Morgan fingerprint density at radius 2 is 2.15 bits per heavy atom. The van der Waals surface area contributed by atoms with Gasteiger partial charge in [-0.1, -0.05) is 6.92 Å². The number of carbonyl (C=O) groups excluding carboxylic acids is 2. The van der Waals surface area contributed by atoms with Crippen molar-refractivity contribution < 1.29 is 14.3 Å². The summed E-state index contributed by atoms with van der Waals surface area (Å²) in [6, 6.07) is 0.162. The van der Waals surface area contributed by atoms with E-state index in [4.69, 9.17) is 10.5 Å². The van der Waals surface area contributed by atoms with E-state index in [1.807, 2.05) is 0 Å². The number of ether oxygens (including phenoxy) is 1. The molecule has 3 N–H and O–H groups in total. The van der Waals surface area contributed by atoms with Crippen molar-refractivity contribution in [3.63, 3.8) is 0 Å². The van der Waals surface area contributed by atoms with Gasteiger partial charge in [0, 0.05) is 32.1 Å². The Hall–Kier alpha value is -1.14. The van der Waals surface area contributed by atoms with Crippen LogP contribution in [0.1, 0.15) is 33.1 Å². The third-order valence-corrected chi connectivity index (χ3v) is 3.32. The Morgan fingerprint density at radius 3 is 2.80 bits per heavy atom. The van der Waals surface area contributed by atoms with Crippen LogP contribution >= 0.6 is 0 Å². The first-order valence-electron chi connectivity index (χ1n) is 7.41. The lowest BCUT2D eigenvalue weighted by Crippen LogP contribution is -2.49. The summed E-state index contributed by atoms with van der Waals surface area (Å²) in [6.45, 7) is 6.93. The number of rotatable bonds is 7. The third-order valence-electron chi connectivity index (χ3n) is 3.32. The standard InChI is InChI=1S/C14H27N3O3/c1-3-20-14(19)5-4-6-16-13(18)10-17-8-11(2)7-12(15)9-17/h11-12H,3-10,15H2,1-2H3,(H,16,18). The number of nitrogens with zero attached hydrogens (tertiary/aromatic N) is 1. The predicted octanol–water partition coefficient (Wildman–Crippen LogP) is 0.115. The molecule has 0 bridgehead atoms. The number of nitrogens with one attached hydrogen (secondary N) is 1. The van der Waals surface area contributed by atoms with Gasteiger partial charge in [0.05, 0.1) is 13.2 Å². The molecule has 0 aromatic rings. The molecule has 0 aromatic heterocycles. The Balaban J connectivity index is 2.12. The Labute approximate surface area is 121 Å². The predicted molar refractivity (Wildman–Crippen MR) is 77.1 cm³/mol. The van der Waals surface area contributed by atoms with Crippen molar-refractivity contribution in [2.45, 2.75) is 39.2 Å².